The van der Waals surface area contributed by atoms with Crippen LogP contribution >= 0.6 is 11.3 Å². The van der Waals surface area contributed by atoms with Crippen LogP contribution < -0.4 is 4.90 Å². The summed E-state index contributed by atoms with van der Waals surface area (Å²) in [6.07, 6.45) is 3.68. The number of hydrogen-bond acceptors (Lipinski definition) is 5. The molecule has 3 rings (SSSR count). The molecule has 0 spiro atoms. The second kappa shape index (κ2) is 7.15. The highest BCUT2D eigenvalue weighted by molar-refractivity contribution is 7.09. The van der Waals surface area contributed by atoms with Gasteiger partial charge in [0.2, 0.25) is 0 Å². The molecule has 4 nitrogen and oxygen atoms in total. The Hall–Kier alpha value is -1.53. The summed E-state index contributed by atoms with van der Waals surface area (Å²) in [5.74, 6) is 0.258. The van der Waals surface area contributed by atoms with Gasteiger partial charge in [0.1, 0.15) is 0 Å². The fraction of sp³-hybridized carbons (Fsp3) is 0.500. The third kappa shape index (κ3) is 3.81. The van der Waals surface area contributed by atoms with Crippen molar-refractivity contribution in [1.82, 2.24) is 14.9 Å². The zero-order valence-electron chi connectivity index (χ0n) is 12.8. The quantitative estimate of drug-likeness (QED) is 0.867. The van der Waals surface area contributed by atoms with E-state index in [9.17, 15) is 4.39 Å². The van der Waals surface area contributed by atoms with E-state index in [1.807, 2.05) is 6.92 Å². The van der Waals surface area contributed by atoms with Gasteiger partial charge in [0.05, 0.1) is 10.7 Å². The maximum atomic E-state index is 13.9. The molecule has 3 heterocycles. The van der Waals surface area contributed by atoms with Gasteiger partial charge in [-0.1, -0.05) is 0 Å². The molecule has 0 saturated carbocycles. The molecule has 0 bridgehead atoms. The SMILES string of the molecule is Cc1nc(CCN2CCCN(c3ncccc3F)CC2)cs1. The monoisotopic (exact) mass is 320 g/mol. The van der Waals surface area contributed by atoms with Crippen LogP contribution in [0.3, 0.4) is 0 Å². The van der Waals surface area contributed by atoms with E-state index in [0.717, 1.165) is 50.6 Å². The maximum absolute atomic E-state index is 13.9. The van der Waals surface area contributed by atoms with Gasteiger partial charge in [-0.05, 0) is 32.0 Å². The molecule has 2 aromatic rings. The number of aromatic nitrogens is 2. The van der Waals surface area contributed by atoms with Crippen LogP contribution in [-0.4, -0.2) is 47.6 Å². The van der Waals surface area contributed by atoms with Gasteiger partial charge in [-0.25, -0.2) is 14.4 Å². The van der Waals surface area contributed by atoms with Crippen LogP contribution in [-0.2, 0) is 6.42 Å². The molecule has 1 aliphatic heterocycles. The molecule has 0 N–H and O–H groups in total. The standard InChI is InChI=1S/C16H21FN4S/c1-13-19-14(12-22-13)5-9-20-7-3-8-21(11-10-20)16-15(17)4-2-6-18-16/h2,4,6,12H,3,5,7-11H2,1H3. The minimum Gasteiger partial charge on any atom is -0.353 e. The molecule has 0 amide bonds. The molecule has 0 unspecified atom stereocenters. The summed E-state index contributed by atoms with van der Waals surface area (Å²) < 4.78 is 13.9. The molecule has 0 atom stereocenters. The van der Waals surface area contributed by atoms with Gasteiger partial charge >= 0.3 is 0 Å². The smallest absolute Gasteiger partial charge is 0.165 e. The third-order valence-electron chi connectivity index (χ3n) is 3.98. The Morgan fingerprint density at radius 1 is 1.27 bits per heavy atom. The summed E-state index contributed by atoms with van der Waals surface area (Å²) in [7, 11) is 0. The Morgan fingerprint density at radius 2 is 2.18 bits per heavy atom. The Bertz CT molecular complexity index is 616. The van der Waals surface area contributed by atoms with E-state index in [1.165, 1.54) is 11.8 Å². The average molecular weight is 320 g/mol. The molecule has 0 aromatic carbocycles. The molecule has 1 fully saturated rings. The molecule has 1 aliphatic rings. The number of hydrogen-bond donors (Lipinski definition) is 0. The first-order valence-electron chi connectivity index (χ1n) is 7.71. The van der Waals surface area contributed by atoms with Gasteiger partial charge in [0.15, 0.2) is 11.6 Å². The molecule has 2 aromatic heterocycles. The van der Waals surface area contributed by atoms with Gasteiger partial charge < -0.3 is 9.80 Å². The van der Waals surface area contributed by atoms with Gasteiger partial charge in [-0.15, -0.1) is 11.3 Å². The highest BCUT2D eigenvalue weighted by Gasteiger charge is 2.18. The first-order chi connectivity index (χ1) is 10.7. The lowest BCUT2D eigenvalue weighted by Gasteiger charge is -2.22. The fourth-order valence-electron chi connectivity index (χ4n) is 2.81. The average Bonchev–Trinajstić information content (AvgIpc) is 2.80. The van der Waals surface area contributed by atoms with Crippen LogP contribution in [0.4, 0.5) is 10.2 Å². The van der Waals surface area contributed by atoms with Crippen molar-refractivity contribution in [2.45, 2.75) is 19.8 Å². The summed E-state index contributed by atoms with van der Waals surface area (Å²) >= 11 is 1.71. The number of thiazole rings is 1. The topological polar surface area (TPSA) is 32.3 Å². The van der Waals surface area contributed by atoms with E-state index < -0.39 is 0 Å². The van der Waals surface area contributed by atoms with Gasteiger partial charge in [-0.2, -0.15) is 0 Å². The van der Waals surface area contributed by atoms with Crippen molar-refractivity contribution in [3.05, 3.63) is 40.2 Å². The molecular formula is C16H21FN4S. The zero-order valence-corrected chi connectivity index (χ0v) is 13.7. The first-order valence-corrected chi connectivity index (χ1v) is 8.59. The predicted octanol–water partition coefficient (Wildman–Crippen LogP) is 2.74. The lowest BCUT2D eigenvalue weighted by Crippen LogP contribution is -2.32. The lowest BCUT2D eigenvalue weighted by atomic mass is 10.3. The molecular weight excluding hydrogens is 299 g/mol. The minimum atomic E-state index is -0.228. The van der Waals surface area contributed by atoms with Crippen LogP contribution in [0.2, 0.25) is 0 Å². The number of pyridine rings is 1. The number of rotatable bonds is 4. The van der Waals surface area contributed by atoms with E-state index in [0.29, 0.717) is 5.82 Å². The predicted molar refractivity (Wildman–Crippen MR) is 88.0 cm³/mol. The molecule has 1 saturated heterocycles. The number of aryl methyl sites for hydroxylation is 1. The summed E-state index contributed by atoms with van der Waals surface area (Å²) in [6, 6.07) is 3.12. The molecule has 0 aliphatic carbocycles. The van der Waals surface area contributed by atoms with Crippen LogP contribution in [0, 0.1) is 12.7 Å². The van der Waals surface area contributed by atoms with Crippen LogP contribution in [0.1, 0.15) is 17.1 Å². The lowest BCUT2D eigenvalue weighted by molar-refractivity contribution is 0.296. The van der Waals surface area contributed by atoms with E-state index in [1.54, 1.807) is 23.6 Å². The van der Waals surface area contributed by atoms with E-state index in [2.05, 4.69) is 25.1 Å². The number of halogens is 1. The minimum absolute atomic E-state index is 0.228. The van der Waals surface area contributed by atoms with Crippen molar-refractivity contribution >= 4 is 17.2 Å². The summed E-state index contributed by atoms with van der Waals surface area (Å²) in [5, 5.41) is 3.27. The van der Waals surface area contributed by atoms with E-state index in [4.69, 9.17) is 0 Å². The van der Waals surface area contributed by atoms with Gasteiger partial charge in [-0.3, -0.25) is 0 Å². The number of anilines is 1. The third-order valence-corrected chi connectivity index (χ3v) is 4.80. The van der Waals surface area contributed by atoms with Crippen molar-refractivity contribution in [1.29, 1.82) is 0 Å². The Balaban J connectivity index is 1.55. The summed E-state index contributed by atoms with van der Waals surface area (Å²) in [4.78, 5) is 13.2. The molecule has 0 radical (unpaired) electrons. The molecule has 118 valence electrons. The van der Waals surface area contributed by atoms with E-state index in [-0.39, 0.29) is 5.82 Å². The summed E-state index contributed by atoms with van der Waals surface area (Å²) in [6.45, 7) is 6.73. The van der Waals surface area contributed by atoms with Crippen molar-refractivity contribution in [3.63, 3.8) is 0 Å². The van der Waals surface area contributed by atoms with Crippen LogP contribution in [0.25, 0.3) is 0 Å². The van der Waals surface area contributed by atoms with Gasteiger partial charge in [0.25, 0.3) is 0 Å². The summed E-state index contributed by atoms with van der Waals surface area (Å²) in [5.41, 5.74) is 1.18. The Morgan fingerprint density at radius 3 is 2.95 bits per heavy atom. The van der Waals surface area contributed by atoms with Crippen molar-refractivity contribution in [2.75, 3.05) is 37.6 Å². The van der Waals surface area contributed by atoms with Crippen LogP contribution in [0.5, 0.6) is 0 Å². The largest absolute Gasteiger partial charge is 0.353 e. The van der Waals surface area contributed by atoms with Gasteiger partial charge in [0, 0.05) is 44.2 Å². The van der Waals surface area contributed by atoms with E-state index >= 15 is 0 Å². The maximum Gasteiger partial charge on any atom is 0.165 e. The molecule has 22 heavy (non-hydrogen) atoms. The number of nitrogens with zero attached hydrogens (tertiary/aromatic N) is 4. The van der Waals surface area contributed by atoms with Crippen molar-refractivity contribution in [3.8, 4) is 0 Å². The van der Waals surface area contributed by atoms with Crippen molar-refractivity contribution in [2.24, 2.45) is 0 Å². The zero-order chi connectivity index (χ0) is 15.4. The Labute approximate surface area is 134 Å². The van der Waals surface area contributed by atoms with Crippen molar-refractivity contribution < 1.29 is 4.39 Å². The fourth-order valence-corrected chi connectivity index (χ4v) is 3.46. The Kier molecular flexibility index (Phi) is 5.00. The highest BCUT2D eigenvalue weighted by Crippen LogP contribution is 2.17. The highest BCUT2D eigenvalue weighted by atomic mass is 32.1. The second-order valence-corrected chi connectivity index (χ2v) is 6.66. The first kappa shape index (κ1) is 15.4. The molecule has 6 heteroatoms. The normalized spacial score (nSPS) is 16.7. The van der Waals surface area contributed by atoms with Crippen LogP contribution in [0.15, 0.2) is 23.7 Å². The second-order valence-electron chi connectivity index (χ2n) is 5.60.